The van der Waals surface area contributed by atoms with Crippen molar-refractivity contribution in [2.45, 2.75) is 38.3 Å². The number of carbonyl (C=O) groups excluding carboxylic acids is 2. The van der Waals surface area contributed by atoms with E-state index in [1.165, 1.54) is 0 Å². The molecular formula is C21H23N5O3. The number of rotatable bonds is 4. The Hall–Kier alpha value is -3.42. The van der Waals surface area contributed by atoms with Crippen molar-refractivity contribution in [3.05, 3.63) is 54.2 Å². The molecule has 3 atom stereocenters. The van der Waals surface area contributed by atoms with Gasteiger partial charge >= 0.3 is 6.03 Å². The lowest BCUT2D eigenvalue weighted by Crippen LogP contribution is -2.46. The Bertz CT molecular complexity index is 946. The second kappa shape index (κ2) is 7.90. The molecule has 0 radical (unpaired) electrons. The van der Waals surface area contributed by atoms with E-state index < -0.39 is 6.03 Å². The van der Waals surface area contributed by atoms with Crippen LogP contribution in [0.3, 0.4) is 0 Å². The van der Waals surface area contributed by atoms with E-state index in [-0.39, 0.29) is 24.0 Å². The van der Waals surface area contributed by atoms with Gasteiger partial charge in [0.05, 0.1) is 5.71 Å². The molecule has 2 aliphatic rings. The monoisotopic (exact) mass is 393 g/mol. The molecule has 1 fully saturated rings. The highest BCUT2D eigenvalue weighted by Crippen LogP contribution is 2.32. The van der Waals surface area contributed by atoms with E-state index in [1.807, 2.05) is 37.3 Å². The predicted octanol–water partition coefficient (Wildman–Crippen LogP) is 2.89. The molecular weight excluding hydrogens is 370 g/mol. The molecule has 1 aromatic heterocycles. The van der Waals surface area contributed by atoms with Gasteiger partial charge in [-0.25, -0.2) is 9.78 Å². The maximum Gasteiger partial charge on any atom is 0.321 e. The molecule has 150 valence electrons. The molecule has 3 unspecified atom stereocenters. The predicted molar refractivity (Wildman–Crippen MR) is 110 cm³/mol. The van der Waals surface area contributed by atoms with Crippen molar-refractivity contribution in [2.75, 3.05) is 16.8 Å². The first kappa shape index (κ1) is 18.9. The van der Waals surface area contributed by atoms with Gasteiger partial charge in [0, 0.05) is 36.8 Å². The molecule has 8 heteroatoms. The van der Waals surface area contributed by atoms with Crippen molar-refractivity contribution in [3.63, 3.8) is 0 Å². The maximum absolute atomic E-state index is 12.6. The summed E-state index contributed by atoms with van der Waals surface area (Å²) >= 11 is 0. The Labute approximate surface area is 168 Å². The van der Waals surface area contributed by atoms with E-state index in [1.54, 1.807) is 30.2 Å². The summed E-state index contributed by atoms with van der Waals surface area (Å²) in [5.74, 6) is 0.587. The zero-order valence-electron chi connectivity index (χ0n) is 16.3. The number of aromatic nitrogens is 1. The van der Waals surface area contributed by atoms with Crippen LogP contribution in [0, 0.1) is 0 Å². The van der Waals surface area contributed by atoms with Crippen LogP contribution >= 0.6 is 0 Å². The highest BCUT2D eigenvalue weighted by Gasteiger charge is 2.32. The summed E-state index contributed by atoms with van der Waals surface area (Å²) in [4.78, 5) is 36.0. The maximum atomic E-state index is 12.6. The molecule has 2 N–H and O–H groups in total. The van der Waals surface area contributed by atoms with Crippen LogP contribution in [0.2, 0.25) is 0 Å². The van der Waals surface area contributed by atoms with Gasteiger partial charge in [-0.05, 0) is 25.5 Å². The van der Waals surface area contributed by atoms with Crippen LogP contribution in [-0.2, 0) is 9.63 Å². The molecule has 0 aliphatic carbocycles. The average molecular weight is 393 g/mol. The summed E-state index contributed by atoms with van der Waals surface area (Å²) in [6.45, 7) is 4.24. The van der Waals surface area contributed by atoms with Crippen LogP contribution in [0.5, 0.6) is 0 Å². The average Bonchev–Trinajstić information content (AvgIpc) is 3.26. The first-order valence-corrected chi connectivity index (χ1v) is 9.60. The molecule has 0 bridgehead atoms. The number of pyridine rings is 1. The number of nitrogens with zero attached hydrogens (tertiary/aromatic N) is 3. The fourth-order valence-electron chi connectivity index (χ4n) is 3.70. The van der Waals surface area contributed by atoms with Gasteiger partial charge in [-0.3, -0.25) is 10.1 Å². The van der Waals surface area contributed by atoms with Gasteiger partial charge in [0.1, 0.15) is 18.0 Å². The quantitative estimate of drug-likeness (QED) is 0.835. The van der Waals surface area contributed by atoms with Crippen LogP contribution < -0.4 is 15.5 Å². The van der Waals surface area contributed by atoms with Crippen LogP contribution in [-0.4, -0.2) is 41.3 Å². The minimum atomic E-state index is -0.401. The molecule has 8 nitrogen and oxygen atoms in total. The molecule has 0 spiro atoms. The smallest absolute Gasteiger partial charge is 0.321 e. The SMILES string of the molecule is CC1=NOC(C)C1NC(=O)Nc1cc(N2CC(c3ccccc3)CC2=O)ccn1. The third-order valence-electron chi connectivity index (χ3n) is 5.26. The fourth-order valence-corrected chi connectivity index (χ4v) is 3.70. The lowest BCUT2D eigenvalue weighted by molar-refractivity contribution is -0.117. The van der Waals surface area contributed by atoms with Crippen molar-refractivity contribution < 1.29 is 14.4 Å². The second-order valence-electron chi connectivity index (χ2n) is 7.33. The number of anilines is 2. The van der Waals surface area contributed by atoms with E-state index in [9.17, 15) is 9.59 Å². The van der Waals surface area contributed by atoms with E-state index in [0.29, 0.717) is 30.2 Å². The van der Waals surface area contributed by atoms with Crippen LogP contribution in [0.4, 0.5) is 16.3 Å². The van der Waals surface area contributed by atoms with Gasteiger partial charge in [0.15, 0.2) is 0 Å². The number of oxime groups is 1. The van der Waals surface area contributed by atoms with Crippen LogP contribution in [0.1, 0.15) is 31.7 Å². The number of urea groups is 1. The summed E-state index contributed by atoms with van der Waals surface area (Å²) in [6, 6.07) is 12.8. The molecule has 29 heavy (non-hydrogen) atoms. The summed E-state index contributed by atoms with van der Waals surface area (Å²) in [5, 5.41) is 9.43. The van der Waals surface area contributed by atoms with Crippen molar-refractivity contribution in [3.8, 4) is 0 Å². The van der Waals surface area contributed by atoms with Gasteiger partial charge in [0.25, 0.3) is 0 Å². The molecule has 1 saturated heterocycles. The van der Waals surface area contributed by atoms with Gasteiger partial charge < -0.3 is 15.1 Å². The highest BCUT2D eigenvalue weighted by atomic mass is 16.6. The summed E-state index contributed by atoms with van der Waals surface area (Å²) in [6.07, 6.45) is 1.83. The number of carbonyl (C=O) groups is 2. The molecule has 1 aromatic carbocycles. The van der Waals surface area contributed by atoms with Gasteiger partial charge in [-0.2, -0.15) is 0 Å². The zero-order valence-corrected chi connectivity index (χ0v) is 16.3. The fraction of sp³-hybridized carbons (Fsp3) is 0.333. The van der Waals surface area contributed by atoms with Crippen LogP contribution in [0.25, 0.3) is 0 Å². The van der Waals surface area contributed by atoms with E-state index >= 15 is 0 Å². The normalized spacial score (nSPS) is 23.5. The number of benzene rings is 1. The molecule has 2 aromatic rings. The number of hydrogen-bond acceptors (Lipinski definition) is 5. The second-order valence-corrected chi connectivity index (χ2v) is 7.33. The third kappa shape index (κ3) is 4.06. The topological polar surface area (TPSA) is 95.9 Å². The lowest BCUT2D eigenvalue weighted by Gasteiger charge is -2.19. The highest BCUT2D eigenvalue weighted by molar-refractivity contribution is 5.98. The Balaban J connectivity index is 1.43. The lowest BCUT2D eigenvalue weighted by atomic mass is 9.99. The van der Waals surface area contributed by atoms with Gasteiger partial charge in [0.2, 0.25) is 5.91 Å². The van der Waals surface area contributed by atoms with Crippen LogP contribution in [0.15, 0.2) is 53.8 Å². The number of hydrogen-bond donors (Lipinski definition) is 2. The number of amides is 3. The van der Waals surface area contributed by atoms with E-state index in [4.69, 9.17) is 4.84 Å². The van der Waals surface area contributed by atoms with Crippen molar-refractivity contribution in [1.82, 2.24) is 10.3 Å². The molecule has 2 aliphatic heterocycles. The van der Waals surface area contributed by atoms with E-state index in [0.717, 1.165) is 5.56 Å². The van der Waals surface area contributed by atoms with Gasteiger partial charge in [-0.15, -0.1) is 0 Å². The molecule has 3 amide bonds. The zero-order chi connectivity index (χ0) is 20.4. The summed E-state index contributed by atoms with van der Waals surface area (Å²) in [5.41, 5.74) is 2.58. The Morgan fingerprint density at radius 2 is 2.03 bits per heavy atom. The minimum Gasteiger partial charge on any atom is -0.390 e. The summed E-state index contributed by atoms with van der Waals surface area (Å²) in [7, 11) is 0. The first-order chi connectivity index (χ1) is 14.0. The van der Waals surface area contributed by atoms with Crippen molar-refractivity contribution >= 4 is 29.2 Å². The van der Waals surface area contributed by atoms with Crippen molar-refractivity contribution in [1.29, 1.82) is 0 Å². The van der Waals surface area contributed by atoms with Crippen molar-refractivity contribution in [2.24, 2.45) is 5.16 Å². The Kier molecular flexibility index (Phi) is 5.16. The standard InChI is InChI=1S/C21H23N5O3/c1-13-20(14(2)29-25-13)24-21(28)23-18-11-17(8-9-22-18)26-12-16(10-19(26)27)15-6-4-3-5-7-15/h3-9,11,14,16,20H,10,12H2,1-2H3,(H2,22,23,24,28). The molecule has 3 heterocycles. The Morgan fingerprint density at radius 3 is 2.76 bits per heavy atom. The molecule has 0 saturated carbocycles. The summed E-state index contributed by atoms with van der Waals surface area (Å²) < 4.78 is 0. The molecule has 4 rings (SSSR count). The van der Waals surface area contributed by atoms with E-state index in [2.05, 4.69) is 20.8 Å². The van der Waals surface area contributed by atoms with Gasteiger partial charge in [-0.1, -0.05) is 35.5 Å². The number of nitrogens with one attached hydrogen (secondary N) is 2. The largest absolute Gasteiger partial charge is 0.390 e. The first-order valence-electron chi connectivity index (χ1n) is 9.60. The Morgan fingerprint density at radius 1 is 1.24 bits per heavy atom. The minimum absolute atomic E-state index is 0.0595. The third-order valence-corrected chi connectivity index (χ3v) is 5.26.